The highest BCUT2D eigenvalue weighted by molar-refractivity contribution is 7.18. The van der Waals surface area contributed by atoms with Gasteiger partial charge in [0.15, 0.2) is 11.5 Å². The molecule has 0 saturated carbocycles. The summed E-state index contributed by atoms with van der Waals surface area (Å²) in [7, 11) is 3.02. The number of hydrogen-bond donors (Lipinski definition) is 1. The lowest BCUT2D eigenvalue weighted by Crippen LogP contribution is -2.35. The van der Waals surface area contributed by atoms with E-state index in [1.807, 2.05) is 6.07 Å². The quantitative estimate of drug-likeness (QED) is 0.143. The first-order valence-electron chi connectivity index (χ1n) is 13.5. The van der Waals surface area contributed by atoms with Gasteiger partial charge in [-0.3, -0.25) is 19.7 Å². The number of nitro groups is 1. The maximum atomic E-state index is 13.5. The summed E-state index contributed by atoms with van der Waals surface area (Å²) in [5, 5.41) is 22.4. The Labute approximate surface area is 259 Å². The molecule has 1 N–H and O–H groups in total. The molecule has 15 heteroatoms. The second-order valence-electron chi connectivity index (χ2n) is 9.78. The topological polar surface area (TPSA) is 137 Å². The average Bonchev–Trinajstić information content (AvgIpc) is 3.48. The molecule has 0 saturated heterocycles. The highest BCUT2D eigenvalue weighted by Crippen LogP contribution is 2.32. The number of halogens is 3. The van der Waals surface area contributed by atoms with Crippen LogP contribution < -0.4 is 14.8 Å². The number of alkyl halides is 3. The Morgan fingerprint density at radius 3 is 2.33 bits per heavy atom. The molecule has 3 aromatic carbocycles. The first kappa shape index (κ1) is 32.9. The summed E-state index contributed by atoms with van der Waals surface area (Å²) in [5.74, 6) is 0.0703. The van der Waals surface area contributed by atoms with E-state index in [2.05, 4.69) is 15.5 Å². The molecule has 45 heavy (non-hydrogen) atoms. The number of rotatable bonds is 12. The largest absolute Gasteiger partial charge is 0.493 e. The molecule has 0 radical (unpaired) electrons. The zero-order valence-corrected chi connectivity index (χ0v) is 25.2. The van der Waals surface area contributed by atoms with Gasteiger partial charge in [-0.15, -0.1) is 10.2 Å². The van der Waals surface area contributed by atoms with Crippen LogP contribution >= 0.6 is 11.3 Å². The molecule has 0 bridgehead atoms. The molecule has 0 spiro atoms. The fraction of sp³-hybridized carbons (Fsp3) is 0.267. The van der Waals surface area contributed by atoms with Crippen molar-refractivity contribution < 1.29 is 37.2 Å². The summed E-state index contributed by atoms with van der Waals surface area (Å²) in [5.41, 5.74) is 0.744. The van der Waals surface area contributed by atoms with Gasteiger partial charge >= 0.3 is 6.18 Å². The third-order valence-corrected chi connectivity index (χ3v) is 7.69. The van der Waals surface area contributed by atoms with Gasteiger partial charge in [0.1, 0.15) is 5.01 Å². The number of carbonyl (C=O) groups is 2. The number of methoxy groups -OCH3 is 2. The van der Waals surface area contributed by atoms with E-state index in [9.17, 15) is 32.9 Å². The number of nitrogens with one attached hydrogen (secondary N) is 1. The van der Waals surface area contributed by atoms with Crippen molar-refractivity contribution in [1.82, 2.24) is 15.1 Å². The lowest BCUT2D eigenvalue weighted by molar-refractivity contribution is -0.385. The van der Waals surface area contributed by atoms with Gasteiger partial charge in [-0.05, 0) is 49.2 Å². The van der Waals surface area contributed by atoms with E-state index in [0.717, 1.165) is 29.0 Å². The van der Waals surface area contributed by atoms with E-state index in [0.29, 0.717) is 34.1 Å². The Hall–Kier alpha value is -5.05. The number of carbonyl (C=O) groups excluding carboxylic acids is 2. The van der Waals surface area contributed by atoms with Crippen LogP contribution in [0.4, 0.5) is 24.0 Å². The van der Waals surface area contributed by atoms with Gasteiger partial charge in [-0.2, -0.15) is 13.2 Å². The summed E-state index contributed by atoms with van der Waals surface area (Å²) in [6.07, 6.45) is -4.22. The molecule has 236 valence electrons. The van der Waals surface area contributed by atoms with E-state index in [4.69, 9.17) is 9.47 Å². The van der Waals surface area contributed by atoms with Gasteiger partial charge in [0.05, 0.1) is 24.7 Å². The molecule has 0 fully saturated rings. The number of nitro benzene ring substituents is 1. The monoisotopic (exact) mass is 643 g/mol. The molecule has 4 rings (SSSR count). The Balaban J connectivity index is 1.47. The molecule has 0 aliphatic carbocycles. The van der Waals surface area contributed by atoms with Crippen LogP contribution in [0.15, 0.2) is 60.7 Å². The Kier molecular flexibility index (Phi) is 10.3. The summed E-state index contributed by atoms with van der Waals surface area (Å²) >= 11 is 0.983. The second-order valence-corrected chi connectivity index (χ2v) is 10.8. The number of ether oxygens (including phenoxy) is 2. The number of benzene rings is 3. The Morgan fingerprint density at radius 2 is 1.69 bits per heavy atom. The first-order chi connectivity index (χ1) is 21.4. The average molecular weight is 644 g/mol. The molecule has 0 unspecified atom stereocenters. The van der Waals surface area contributed by atoms with E-state index in [1.165, 1.54) is 49.5 Å². The van der Waals surface area contributed by atoms with Crippen molar-refractivity contribution in [1.29, 1.82) is 0 Å². The highest BCUT2D eigenvalue weighted by atomic mass is 32.1. The molecule has 0 aliphatic heterocycles. The minimum atomic E-state index is -4.47. The number of anilines is 1. The van der Waals surface area contributed by atoms with E-state index in [-0.39, 0.29) is 35.9 Å². The van der Waals surface area contributed by atoms with Crippen molar-refractivity contribution in [2.75, 3.05) is 32.6 Å². The molecule has 2 amide bonds. The number of amides is 2. The maximum Gasteiger partial charge on any atom is 0.416 e. The third-order valence-electron chi connectivity index (χ3n) is 6.80. The predicted octanol–water partition coefficient (Wildman–Crippen LogP) is 6.17. The summed E-state index contributed by atoms with van der Waals surface area (Å²) in [4.78, 5) is 38.7. The minimum absolute atomic E-state index is 0.0236. The normalized spacial score (nSPS) is 11.2. The summed E-state index contributed by atoms with van der Waals surface area (Å²) in [6, 6.07) is 13.9. The molecule has 0 aliphatic rings. The minimum Gasteiger partial charge on any atom is -0.493 e. The summed E-state index contributed by atoms with van der Waals surface area (Å²) in [6.45, 7) is 1.73. The van der Waals surface area contributed by atoms with Crippen LogP contribution in [0.5, 0.6) is 11.5 Å². The molecule has 1 aromatic heterocycles. The molecular formula is C30H28F3N5O6S. The van der Waals surface area contributed by atoms with Gasteiger partial charge in [0.25, 0.3) is 11.6 Å². The zero-order valence-electron chi connectivity index (χ0n) is 24.4. The lowest BCUT2D eigenvalue weighted by Gasteiger charge is -2.23. The van der Waals surface area contributed by atoms with Gasteiger partial charge in [0.2, 0.25) is 11.0 Å². The van der Waals surface area contributed by atoms with Crippen LogP contribution in [0, 0.1) is 17.0 Å². The first-order valence-corrected chi connectivity index (χ1v) is 14.3. The molecule has 4 aromatic rings. The number of aromatic nitrogens is 2. The van der Waals surface area contributed by atoms with Crippen LogP contribution in [0.3, 0.4) is 0 Å². The van der Waals surface area contributed by atoms with Crippen LogP contribution in [0.25, 0.3) is 10.6 Å². The summed E-state index contributed by atoms with van der Waals surface area (Å²) < 4.78 is 49.2. The number of nitrogens with zero attached hydrogens (tertiary/aromatic N) is 4. The Bertz CT molecular complexity index is 1690. The molecule has 11 nitrogen and oxygen atoms in total. The van der Waals surface area contributed by atoms with Gasteiger partial charge in [-0.25, -0.2) is 0 Å². The standard InChI is InChI=1S/C30H28F3N5O6S/c1-18-4-6-21(17-23(18)38(41)42)28(40)37(14-12-19-5-11-24(43-2)25(16-19)44-3)15-13-26(39)34-29-36-35-27(45-29)20-7-9-22(10-8-20)30(31,32)33/h4-11,16-17H,12-15H2,1-3H3,(H,34,36,39). The fourth-order valence-corrected chi connectivity index (χ4v) is 5.11. The van der Waals surface area contributed by atoms with Crippen LogP contribution in [0.1, 0.15) is 33.5 Å². The zero-order chi connectivity index (χ0) is 32.7. The fourth-order valence-electron chi connectivity index (χ4n) is 4.35. The van der Waals surface area contributed by atoms with Gasteiger partial charge in [-0.1, -0.05) is 35.6 Å². The van der Waals surface area contributed by atoms with Crippen LogP contribution in [-0.4, -0.2) is 59.1 Å². The smallest absolute Gasteiger partial charge is 0.416 e. The van der Waals surface area contributed by atoms with E-state index in [1.54, 1.807) is 19.1 Å². The van der Waals surface area contributed by atoms with Crippen molar-refractivity contribution in [3.8, 4) is 22.1 Å². The molecular weight excluding hydrogens is 615 g/mol. The van der Waals surface area contributed by atoms with E-state index >= 15 is 0 Å². The van der Waals surface area contributed by atoms with Crippen molar-refractivity contribution in [2.24, 2.45) is 0 Å². The van der Waals surface area contributed by atoms with Crippen molar-refractivity contribution in [3.05, 3.63) is 93.0 Å². The number of hydrogen-bond acceptors (Lipinski definition) is 9. The number of aryl methyl sites for hydroxylation is 1. The highest BCUT2D eigenvalue weighted by Gasteiger charge is 2.30. The Morgan fingerprint density at radius 1 is 0.978 bits per heavy atom. The molecule has 1 heterocycles. The van der Waals surface area contributed by atoms with Crippen LogP contribution in [-0.2, 0) is 17.4 Å². The van der Waals surface area contributed by atoms with Crippen molar-refractivity contribution in [2.45, 2.75) is 25.9 Å². The van der Waals surface area contributed by atoms with Gasteiger partial charge < -0.3 is 19.7 Å². The third kappa shape index (κ3) is 8.32. The SMILES string of the molecule is COc1ccc(CCN(CCC(=O)Nc2nnc(-c3ccc(C(F)(F)F)cc3)s2)C(=O)c2ccc(C)c([N+](=O)[O-])c2)cc1OC. The van der Waals surface area contributed by atoms with Gasteiger partial charge in [0, 0.05) is 42.3 Å². The predicted molar refractivity (Wildman–Crippen MR) is 161 cm³/mol. The van der Waals surface area contributed by atoms with Crippen LogP contribution in [0.2, 0.25) is 0 Å². The second kappa shape index (κ2) is 14.2. The van der Waals surface area contributed by atoms with Crippen molar-refractivity contribution in [3.63, 3.8) is 0 Å². The maximum absolute atomic E-state index is 13.5. The van der Waals surface area contributed by atoms with Crippen molar-refractivity contribution >= 4 is 34.0 Å². The lowest BCUT2D eigenvalue weighted by atomic mass is 10.1. The molecule has 0 atom stereocenters. The van der Waals surface area contributed by atoms with E-state index < -0.39 is 28.5 Å².